The van der Waals surface area contributed by atoms with Gasteiger partial charge in [-0.25, -0.2) is 0 Å². The maximum Gasteiger partial charge on any atom is 0.242 e. The maximum absolute atomic E-state index is 12.9. The van der Waals surface area contributed by atoms with Crippen LogP contribution in [0, 0.1) is 11.3 Å². The lowest BCUT2D eigenvalue weighted by molar-refractivity contribution is -0.128. The third-order valence-corrected chi connectivity index (χ3v) is 5.96. The largest absolute Gasteiger partial charge is 0.354 e. The fourth-order valence-electron chi connectivity index (χ4n) is 4.23. The average Bonchev–Trinajstić information content (AvgIpc) is 3.22. The van der Waals surface area contributed by atoms with Gasteiger partial charge < -0.3 is 20.4 Å². The number of carbonyl (C=O) groups excluding carboxylic acids is 3. The number of ketones is 1. The van der Waals surface area contributed by atoms with Gasteiger partial charge in [-0.05, 0) is 43.4 Å². The smallest absolute Gasteiger partial charge is 0.242 e. The summed E-state index contributed by atoms with van der Waals surface area (Å²) in [4.78, 5) is 39.5. The Bertz CT molecular complexity index is 1190. The number of benzene rings is 2. The van der Waals surface area contributed by atoms with Crippen molar-refractivity contribution in [1.29, 1.82) is 5.26 Å². The maximum atomic E-state index is 12.9. The van der Waals surface area contributed by atoms with Gasteiger partial charge in [0.1, 0.15) is 18.2 Å². The third kappa shape index (κ3) is 7.54. The highest BCUT2D eigenvalue weighted by Crippen LogP contribution is 2.30. The molecule has 7 heteroatoms. The molecule has 0 saturated heterocycles. The molecule has 1 aromatic heterocycles. The SMILES string of the molecule is CC(=O)CCCCC[C@H](NC(=O)CC#N)C(=O)NCCc1c(-c2ccccc2)[nH]c2ccccc12. The fourth-order valence-corrected chi connectivity index (χ4v) is 4.23. The van der Waals surface area contributed by atoms with Crippen LogP contribution in [0.1, 0.15) is 51.0 Å². The van der Waals surface area contributed by atoms with Gasteiger partial charge in [-0.1, -0.05) is 61.4 Å². The Hall–Kier alpha value is -3.92. The molecule has 0 unspecified atom stereocenters. The number of aromatic nitrogens is 1. The molecular formula is C28H32N4O3. The Labute approximate surface area is 205 Å². The minimum absolute atomic E-state index is 0.147. The van der Waals surface area contributed by atoms with Crippen LogP contribution >= 0.6 is 0 Å². The first-order valence-electron chi connectivity index (χ1n) is 12.1. The van der Waals surface area contributed by atoms with Crippen LogP contribution in [-0.2, 0) is 20.8 Å². The van der Waals surface area contributed by atoms with Gasteiger partial charge in [0.15, 0.2) is 0 Å². The van der Waals surface area contributed by atoms with Gasteiger partial charge >= 0.3 is 0 Å². The van der Waals surface area contributed by atoms with Crippen molar-refractivity contribution < 1.29 is 14.4 Å². The number of fused-ring (bicyclic) bond motifs is 1. The van der Waals surface area contributed by atoms with Gasteiger partial charge in [-0.15, -0.1) is 0 Å². The molecule has 1 heterocycles. The number of nitrogens with one attached hydrogen (secondary N) is 3. The van der Waals surface area contributed by atoms with Crippen molar-refractivity contribution in [2.75, 3.05) is 6.54 Å². The second-order valence-corrected chi connectivity index (χ2v) is 8.69. The summed E-state index contributed by atoms with van der Waals surface area (Å²) >= 11 is 0. The number of nitrogens with zero attached hydrogens (tertiary/aromatic N) is 1. The van der Waals surface area contributed by atoms with Crippen molar-refractivity contribution >= 4 is 28.5 Å². The molecule has 3 aromatic rings. The molecular weight excluding hydrogens is 440 g/mol. The monoisotopic (exact) mass is 472 g/mol. The molecule has 0 saturated carbocycles. The van der Waals surface area contributed by atoms with E-state index in [2.05, 4.69) is 33.8 Å². The van der Waals surface area contributed by atoms with Crippen molar-refractivity contribution in [1.82, 2.24) is 15.6 Å². The highest BCUT2D eigenvalue weighted by molar-refractivity contribution is 5.91. The molecule has 0 aliphatic rings. The number of nitriles is 1. The minimum Gasteiger partial charge on any atom is -0.354 e. The first kappa shape index (κ1) is 25.7. The normalized spacial score (nSPS) is 11.5. The molecule has 1 atom stereocenters. The minimum atomic E-state index is -0.704. The molecule has 2 aromatic carbocycles. The van der Waals surface area contributed by atoms with Crippen molar-refractivity contribution in [2.45, 2.75) is 57.9 Å². The zero-order valence-corrected chi connectivity index (χ0v) is 20.1. The lowest BCUT2D eigenvalue weighted by atomic mass is 10.0. The standard InChI is InChI=1S/C28H32N4O3/c1-20(33)10-4-2-7-15-25(31-26(34)16-18-29)28(35)30-19-17-23-22-13-8-9-14-24(22)32-27(23)21-11-5-3-6-12-21/h3,5-6,8-9,11-14,25,32H,2,4,7,10,15-17,19H2,1H3,(H,30,35)(H,31,34)/t25-/m0/s1. The van der Waals surface area contributed by atoms with E-state index in [0.29, 0.717) is 32.2 Å². The van der Waals surface area contributed by atoms with Crippen LogP contribution in [0.5, 0.6) is 0 Å². The summed E-state index contributed by atoms with van der Waals surface area (Å²) in [6, 6.07) is 19.3. The summed E-state index contributed by atoms with van der Waals surface area (Å²) < 4.78 is 0. The Morgan fingerprint density at radius 3 is 2.49 bits per heavy atom. The topological polar surface area (TPSA) is 115 Å². The first-order valence-corrected chi connectivity index (χ1v) is 12.1. The number of unbranched alkanes of at least 4 members (excludes halogenated alkanes) is 2. The Morgan fingerprint density at radius 2 is 1.74 bits per heavy atom. The van der Waals surface area contributed by atoms with Gasteiger partial charge in [0.25, 0.3) is 0 Å². The van der Waals surface area contributed by atoms with E-state index in [4.69, 9.17) is 5.26 Å². The number of amides is 2. The van der Waals surface area contributed by atoms with Crippen molar-refractivity contribution in [2.24, 2.45) is 0 Å². The van der Waals surface area contributed by atoms with Crippen LogP contribution in [0.2, 0.25) is 0 Å². The number of hydrogen-bond donors (Lipinski definition) is 3. The second kappa shape index (κ2) is 13.1. The molecule has 35 heavy (non-hydrogen) atoms. The summed E-state index contributed by atoms with van der Waals surface area (Å²) in [6.45, 7) is 1.98. The molecule has 3 N–H and O–H groups in total. The van der Waals surface area contributed by atoms with Crippen LogP contribution < -0.4 is 10.6 Å². The first-order chi connectivity index (χ1) is 17.0. The highest BCUT2D eigenvalue weighted by atomic mass is 16.2. The van der Waals surface area contributed by atoms with Crippen LogP contribution in [0.4, 0.5) is 0 Å². The number of aromatic amines is 1. The van der Waals surface area contributed by atoms with E-state index in [9.17, 15) is 14.4 Å². The predicted molar refractivity (Wildman–Crippen MR) is 136 cm³/mol. The van der Waals surface area contributed by atoms with E-state index in [-0.39, 0.29) is 18.1 Å². The number of H-pyrrole nitrogens is 1. The molecule has 0 radical (unpaired) electrons. The lowest BCUT2D eigenvalue weighted by Gasteiger charge is -2.18. The van der Waals surface area contributed by atoms with Gasteiger partial charge in [0.2, 0.25) is 11.8 Å². The van der Waals surface area contributed by atoms with E-state index in [1.807, 2.05) is 42.5 Å². The molecule has 182 valence electrons. The van der Waals surface area contributed by atoms with Crippen LogP contribution in [0.25, 0.3) is 22.2 Å². The van der Waals surface area contributed by atoms with E-state index in [0.717, 1.165) is 40.6 Å². The molecule has 2 amide bonds. The Morgan fingerprint density at radius 1 is 1.00 bits per heavy atom. The number of carbonyl (C=O) groups is 3. The van der Waals surface area contributed by atoms with Gasteiger partial charge in [-0.2, -0.15) is 5.26 Å². The highest BCUT2D eigenvalue weighted by Gasteiger charge is 2.21. The number of Topliss-reactive ketones (excluding diaryl/α,β-unsaturated/α-hetero) is 1. The molecule has 0 fully saturated rings. The molecule has 0 bridgehead atoms. The summed E-state index contributed by atoms with van der Waals surface area (Å²) in [5, 5.41) is 15.6. The lowest BCUT2D eigenvalue weighted by Crippen LogP contribution is -2.47. The van der Waals surface area contributed by atoms with E-state index in [1.165, 1.54) is 0 Å². The average molecular weight is 473 g/mol. The second-order valence-electron chi connectivity index (χ2n) is 8.69. The van der Waals surface area contributed by atoms with Crippen LogP contribution in [0.3, 0.4) is 0 Å². The quantitative estimate of drug-likeness (QED) is 0.319. The van der Waals surface area contributed by atoms with Gasteiger partial charge in [0, 0.05) is 29.6 Å². The van der Waals surface area contributed by atoms with Crippen LogP contribution in [0.15, 0.2) is 54.6 Å². The molecule has 0 aliphatic carbocycles. The van der Waals surface area contributed by atoms with Crippen molar-refractivity contribution in [3.63, 3.8) is 0 Å². The third-order valence-electron chi connectivity index (χ3n) is 5.96. The van der Waals surface area contributed by atoms with Crippen molar-refractivity contribution in [3.8, 4) is 17.3 Å². The van der Waals surface area contributed by atoms with E-state index in [1.54, 1.807) is 6.92 Å². The van der Waals surface area contributed by atoms with Gasteiger partial charge in [0.05, 0.1) is 6.07 Å². The van der Waals surface area contributed by atoms with E-state index < -0.39 is 11.9 Å². The number of hydrogen-bond acceptors (Lipinski definition) is 4. The summed E-state index contributed by atoms with van der Waals surface area (Å²) in [7, 11) is 0. The molecule has 0 aliphatic heterocycles. The molecule has 0 spiro atoms. The summed E-state index contributed by atoms with van der Waals surface area (Å²) in [5.41, 5.74) is 4.28. The Kier molecular flexibility index (Phi) is 9.61. The summed E-state index contributed by atoms with van der Waals surface area (Å²) in [5.74, 6) is -0.572. The zero-order chi connectivity index (χ0) is 25.0. The fraction of sp³-hybridized carbons (Fsp3) is 0.357. The van der Waals surface area contributed by atoms with Crippen molar-refractivity contribution in [3.05, 3.63) is 60.2 Å². The number of rotatable bonds is 13. The Balaban J connectivity index is 1.65. The zero-order valence-electron chi connectivity index (χ0n) is 20.1. The van der Waals surface area contributed by atoms with Crippen LogP contribution in [-0.4, -0.2) is 35.2 Å². The van der Waals surface area contributed by atoms with Gasteiger partial charge in [-0.3, -0.25) is 9.59 Å². The molecule has 3 rings (SSSR count). The number of para-hydroxylation sites is 1. The summed E-state index contributed by atoms with van der Waals surface area (Å²) in [6.07, 6.45) is 3.58. The molecule has 7 nitrogen and oxygen atoms in total. The predicted octanol–water partition coefficient (Wildman–Crippen LogP) is 4.43. The van der Waals surface area contributed by atoms with E-state index >= 15 is 0 Å².